The van der Waals surface area contributed by atoms with Crippen LogP contribution in [0, 0.1) is 20.8 Å². The molecule has 13 heavy (non-hydrogen) atoms. The standard InChI is InChI=1S/C9H11Cl2Si2/c1-6-4-5-9(13(11)12-10)8(3)7(6)2/h4-5H,1-3H3. The van der Waals surface area contributed by atoms with Gasteiger partial charge in [-0.15, -0.1) is 0 Å². The van der Waals surface area contributed by atoms with Gasteiger partial charge in [0.15, 0.2) is 8.35 Å². The summed E-state index contributed by atoms with van der Waals surface area (Å²) in [5.74, 6) is 0. The molecule has 0 heterocycles. The van der Waals surface area contributed by atoms with Crippen LogP contribution in [0.1, 0.15) is 16.7 Å². The van der Waals surface area contributed by atoms with E-state index in [1.165, 1.54) is 21.9 Å². The molecule has 1 aromatic carbocycles. The summed E-state index contributed by atoms with van der Waals surface area (Å²) in [7, 11) is -0.672. The van der Waals surface area contributed by atoms with Crippen molar-refractivity contribution in [3.8, 4) is 0 Å². The first-order chi connectivity index (χ1) is 6.07. The smallest absolute Gasteiger partial charge is 0.173 e. The molecular formula is C9H11Cl2Si2. The molecule has 0 atom stereocenters. The normalized spacial score (nSPS) is 10.9. The molecule has 0 unspecified atom stereocenters. The van der Waals surface area contributed by atoms with Gasteiger partial charge >= 0.3 is 0 Å². The topological polar surface area (TPSA) is 0 Å². The Bertz CT molecular complexity index is 313. The molecule has 0 aliphatic carbocycles. The summed E-state index contributed by atoms with van der Waals surface area (Å²) < 4.78 is 0. The summed E-state index contributed by atoms with van der Waals surface area (Å²) in [6.07, 6.45) is 0. The Labute approximate surface area is 92.9 Å². The molecule has 0 amide bonds. The van der Waals surface area contributed by atoms with Crippen molar-refractivity contribution >= 4 is 43.3 Å². The van der Waals surface area contributed by atoms with E-state index in [2.05, 4.69) is 32.9 Å². The molecule has 0 saturated heterocycles. The molecule has 1 rings (SSSR count). The Hall–Kier alpha value is 0.234. The van der Waals surface area contributed by atoms with E-state index in [0.717, 1.165) is 0 Å². The lowest BCUT2D eigenvalue weighted by molar-refractivity contribution is 1.28. The monoisotopic (exact) mass is 245 g/mol. The Morgan fingerprint density at radius 1 is 1.15 bits per heavy atom. The molecule has 0 aliphatic rings. The Morgan fingerprint density at radius 2 is 1.77 bits per heavy atom. The fraction of sp³-hybridized carbons (Fsp3) is 0.333. The Balaban J connectivity index is 3.18. The lowest BCUT2D eigenvalue weighted by Gasteiger charge is -2.11. The van der Waals surface area contributed by atoms with E-state index in [1.54, 1.807) is 0 Å². The van der Waals surface area contributed by atoms with Crippen molar-refractivity contribution in [1.82, 2.24) is 0 Å². The van der Waals surface area contributed by atoms with E-state index in [9.17, 15) is 0 Å². The SMILES string of the molecule is Cc1ccc([Si](Cl)[Si]Cl)c(C)c1C. The van der Waals surface area contributed by atoms with Crippen molar-refractivity contribution in [3.05, 3.63) is 28.8 Å². The fourth-order valence-corrected chi connectivity index (χ4v) is 4.74. The predicted molar refractivity (Wildman–Crippen MR) is 63.5 cm³/mol. The Morgan fingerprint density at radius 3 is 2.31 bits per heavy atom. The first kappa shape index (κ1) is 11.3. The fourth-order valence-electron chi connectivity index (χ4n) is 1.24. The first-order valence-corrected chi connectivity index (χ1v) is 9.56. The van der Waals surface area contributed by atoms with Crippen LogP contribution in [0.15, 0.2) is 12.1 Å². The maximum Gasteiger partial charge on any atom is 0.202 e. The quantitative estimate of drug-likeness (QED) is 0.555. The molecule has 0 saturated carbocycles. The summed E-state index contributed by atoms with van der Waals surface area (Å²) >= 11 is 12.0. The average Bonchev–Trinajstić information content (AvgIpc) is 2.13. The van der Waals surface area contributed by atoms with Gasteiger partial charge in [0.2, 0.25) is 7.62 Å². The second-order valence-corrected chi connectivity index (χ2v) is 10.3. The number of halogens is 2. The molecule has 0 fully saturated rings. The van der Waals surface area contributed by atoms with Crippen LogP contribution in [0.4, 0.5) is 0 Å². The Kier molecular flexibility index (Phi) is 4.04. The van der Waals surface area contributed by atoms with E-state index >= 15 is 0 Å². The average molecular weight is 246 g/mol. The third-order valence-corrected chi connectivity index (χ3v) is 8.90. The van der Waals surface area contributed by atoms with E-state index in [0.29, 0.717) is 8.35 Å². The van der Waals surface area contributed by atoms with Crippen LogP contribution in [-0.4, -0.2) is 16.0 Å². The highest BCUT2D eigenvalue weighted by atomic mass is 35.6. The maximum atomic E-state index is 6.20. The highest BCUT2D eigenvalue weighted by Crippen LogP contribution is 2.11. The van der Waals surface area contributed by atoms with E-state index < -0.39 is 7.62 Å². The van der Waals surface area contributed by atoms with Crippen molar-refractivity contribution in [2.45, 2.75) is 20.8 Å². The van der Waals surface area contributed by atoms with E-state index in [-0.39, 0.29) is 0 Å². The number of hydrogen-bond donors (Lipinski definition) is 0. The molecule has 0 nitrogen and oxygen atoms in total. The van der Waals surface area contributed by atoms with Gasteiger partial charge in [0.1, 0.15) is 0 Å². The number of rotatable bonds is 2. The molecule has 0 bridgehead atoms. The van der Waals surface area contributed by atoms with Gasteiger partial charge < -0.3 is 0 Å². The highest BCUT2D eigenvalue weighted by molar-refractivity contribution is 7.53. The van der Waals surface area contributed by atoms with Gasteiger partial charge in [0.05, 0.1) is 0 Å². The van der Waals surface area contributed by atoms with Gasteiger partial charge in [0.25, 0.3) is 0 Å². The van der Waals surface area contributed by atoms with Crippen LogP contribution in [0.3, 0.4) is 0 Å². The third kappa shape index (κ3) is 2.37. The third-order valence-electron chi connectivity index (χ3n) is 2.38. The van der Waals surface area contributed by atoms with Crippen LogP contribution >= 0.6 is 22.2 Å². The minimum atomic E-state index is -1.01. The molecular weight excluding hydrogens is 235 g/mol. The summed E-state index contributed by atoms with van der Waals surface area (Å²) in [6.45, 7) is 6.38. The molecule has 0 aliphatic heterocycles. The summed E-state index contributed by atoms with van der Waals surface area (Å²) in [5, 5.41) is 1.27. The molecule has 1 aromatic rings. The second-order valence-electron chi connectivity index (χ2n) is 3.09. The minimum Gasteiger partial charge on any atom is -0.173 e. The number of aryl methyl sites for hydroxylation is 1. The van der Waals surface area contributed by atoms with Crippen LogP contribution < -0.4 is 5.19 Å². The van der Waals surface area contributed by atoms with Crippen LogP contribution in [0.25, 0.3) is 0 Å². The first-order valence-electron chi connectivity index (χ1n) is 4.04. The van der Waals surface area contributed by atoms with Gasteiger partial charge in [-0.2, -0.15) is 22.2 Å². The zero-order valence-electron chi connectivity index (χ0n) is 7.91. The molecule has 69 valence electrons. The van der Waals surface area contributed by atoms with E-state index in [4.69, 9.17) is 22.2 Å². The van der Waals surface area contributed by atoms with Gasteiger partial charge in [0, 0.05) is 0 Å². The van der Waals surface area contributed by atoms with Crippen molar-refractivity contribution in [2.24, 2.45) is 0 Å². The van der Waals surface area contributed by atoms with Gasteiger partial charge in [-0.3, -0.25) is 0 Å². The molecule has 3 radical (unpaired) electrons. The summed E-state index contributed by atoms with van der Waals surface area (Å²) in [6, 6.07) is 4.25. The lowest BCUT2D eigenvalue weighted by atomic mass is 10.1. The van der Waals surface area contributed by atoms with Crippen molar-refractivity contribution in [2.75, 3.05) is 0 Å². The van der Waals surface area contributed by atoms with Crippen LogP contribution in [-0.2, 0) is 0 Å². The minimum absolute atomic E-state index is 0.338. The van der Waals surface area contributed by atoms with Crippen molar-refractivity contribution < 1.29 is 0 Å². The van der Waals surface area contributed by atoms with Gasteiger partial charge in [-0.25, -0.2) is 0 Å². The predicted octanol–water partition coefficient (Wildman–Crippen LogP) is 2.40. The zero-order valence-corrected chi connectivity index (χ0v) is 11.4. The number of hydrogen-bond acceptors (Lipinski definition) is 0. The lowest BCUT2D eigenvalue weighted by Crippen LogP contribution is -2.31. The maximum absolute atomic E-state index is 6.20. The highest BCUT2D eigenvalue weighted by Gasteiger charge is 2.15. The van der Waals surface area contributed by atoms with Gasteiger partial charge in [-0.1, -0.05) is 12.1 Å². The summed E-state index contributed by atoms with van der Waals surface area (Å²) in [5.41, 5.74) is 3.98. The zero-order chi connectivity index (χ0) is 10.0. The van der Waals surface area contributed by atoms with Crippen molar-refractivity contribution in [1.29, 1.82) is 0 Å². The van der Waals surface area contributed by atoms with Crippen molar-refractivity contribution in [3.63, 3.8) is 0 Å². The molecule has 4 heteroatoms. The van der Waals surface area contributed by atoms with Crippen LogP contribution in [0.2, 0.25) is 0 Å². The number of benzene rings is 1. The van der Waals surface area contributed by atoms with E-state index in [1.807, 2.05) is 0 Å². The second kappa shape index (κ2) is 4.64. The largest absolute Gasteiger partial charge is 0.202 e. The molecule has 0 spiro atoms. The summed E-state index contributed by atoms with van der Waals surface area (Å²) in [4.78, 5) is 0. The van der Waals surface area contributed by atoms with Crippen LogP contribution in [0.5, 0.6) is 0 Å². The molecule has 0 aromatic heterocycles. The molecule has 0 N–H and O–H groups in total. The van der Waals surface area contributed by atoms with Gasteiger partial charge in [-0.05, 0) is 42.6 Å².